The van der Waals surface area contributed by atoms with Gasteiger partial charge in [-0.05, 0) is 30.2 Å². The summed E-state index contributed by atoms with van der Waals surface area (Å²) in [6.07, 6.45) is 1.82. The van der Waals surface area contributed by atoms with E-state index in [1.165, 1.54) is 5.56 Å². The van der Waals surface area contributed by atoms with Crippen LogP contribution in [0.4, 0.5) is 0 Å². The number of likely N-dealkylation sites (tertiary alicyclic amines) is 1. The van der Waals surface area contributed by atoms with Crippen LogP contribution in [0.15, 0.2) is 30.3 Å². The average Bonchev–Trinajstić information content (AvgIpc) is 3.00. The monoisotopic (exact) mass is 317 g/mol. The molecule has 1 aromatic rings. The van der Waals surface area contributed by atoms with Gasteiger partial charge in [0.2, 0.25) is 5.91 Å². The number of hydrogen-bond donors (Lipinski definition) is 1. The molecule has 126 valence electrons. The van der Waals surface area contributed by atoms with Crippen LogP contribution >= 0.6 is 0 Å². The number of carbonyl (C=O) groups is 2. The van der Waals surface area contributed by atoms with Crippen molar-refractivity contribution in [3.05, 3.63) is 35.9 Å². The smallest absolute Gasteiger partial charge is 0.311 e. The highest BCUT2D eigenvalue weighted by Gasteiger charge is 2.48. The fraction of sp³-hybridized carbons (Fsp3) is 0.579. The van der Waals surface area contributed by atoms with Crippen molar-refractivity contribution < 1.29 is 14.7 Å². The van der Waals surface area contributed by atoms with E-state index < -0.39 is 11.4 Å². The average molecular weight is 317 g/mol. The number of benzene rings is 1. The van der Waals surface area contributed by atoms with Crippen LogP contribution in [0.5, 0.6) is 0 Å². The molecule has 0 saturated carbocycles. The number of aliphatic carboxylic acids is 1. The largest absolute Gasteiger partial charge is 0.481 e. The molecule has 1 amide bonds. The Balaban J connectivity index is 1.91. The first-order valence-corrected chi connectivity index (χ1v) is 8.43. The Bertz CT molecular complexity index is 555. The van der Waals surface area contributed by atoms with Gasteiger partial charge in [0, 0.05) is 19.5 Å². The molecular weight excluding hydrogens is 290 g/mol. The van der Waals surface area contributed by atoms with Gasteiger partial charge in [-0.1, -0.05) is 51.1 Å². The fourth-order valence-corrected chi connectivity index (χ4v) is 3.39. The zero-order valence-electron chi connectivity index (χ0n) is 14.3. The van der Waals surface area contributed by atoms with E-state index in [2.05, 4.69) is 19.1 Å². The van der Waals surface area contributed by atoms with Crippen LogP contribution in [0.3, 0.4) is 0 Å². The number of carboxylic acid groups (broad SMARTS) is 1. The van der Waals surface area contributed by atoms with Crippen LogP contribution in [-0.4, -0.2) is 35.0 Å². The third-order valence-corrected chi connectivity index (χ3v) is 5.34. The molecule has 1 aromatic carbocycles. The molecule has 4 nitrogen and oxygen atoms in total. The Kier molecular flexibility index (Phi) is 5.45. The maximum Gasteiger partial charge on any atom is 0.311 e. The van der Waals surface area contributed by atoms with Crippen molar-refractivity contribution in [2.75, 3.05) is 13.1 Å². The van der Waals surface area contributed by atoms with Gasteiger partial charge in [-0.2, -0.15) is 0 Å². The van der Waals surface area contributed by atoms with Gasteiger partial charge in [0.15, 0.2) is 0 Å². The number of nitrogens with zero attached hydrogens (tertiary/aromatic N) is 1. The van der Waals surface area contributed by atoms with E-state index in [1.54, 1.807) is 4.90 Å². The molecule has 0 radical (unpaired) electrons. The van der Waals surface area contributed by atoms with Gasteiger partial charge >= 0.3 is 5.97 Å². The van der Waals surface area contributed by atoms with Crippen molar-refractivity contribution >= 4 is 11.9 Å². The third-order valence-electron chi connectivity index (χ3n) is 5.34. The summed E-state index contributed by atoms with van der Waals surface area (Å²) in [5.41, 5.74) is 0.463. The van der Waals surface area contributed by atoms with Gasteiger partial charge in [-0.25, -0.2) is 0 Å². The van der Waals surface area contributed by atoms with E-state index >= 15 is 0 Å². The van der Waals surface area contributed by atoms with Gasteiger partial charge in [0.25, 0.3) is 0 Å². The predicted molar refractivity (Wildman–Crippen MR) is 90.2 cm³/mol. The Morgan fingerprint density at radius 1 is 1.22 bits per heavy atom. The minimum absolute atomic E-state index is 0.0287. The predicted octanol–water partition coefficient (Wildman–Crippen LogP) is 3.53. The quantitative estimate of drug-likeness (QED) is 0.873. The molecule has 1 fully saturated rings. The zero-order valence-corrected chi connectivity index (χ0v) is 14.3. The van der Waals surface area contributed by atoms with Crippen molar-refractivity contribution in [3.63, 3.8) is 0 Å². The molecule has 1 aliphatic rings. The van der Waals surface area contributed by atoms with Crippen LogP contribution < -0.4 is 0 Å². The summed E-state index contributed by atoms with van der Waals surface area (Å²) in [4.78, 5) is 25.8. The third kappa shape index (κ3) is 3.74. The SMILES string of the molecule is CC(CCC(=O)N1CCC(C(=O)O)(C(C)C)C1)c1ccccc1. The first kappa shape index (κ1) is 17.5. The van der Waals surface area contributed by atoms with Crippen molar-refractivity contribution in [2.45, 2.75) is 46.0 Å². The van der Waals surface area contributed by atoms with Crippen LogP contribution in [-0.2, 0) is 9.59 Å². The molecule has 0 bridgehead atoms. The molecule has 1 aliphatic heterocycles. The maximum atomic E-state index is 12.4. The summed E-state index contributed by atoms with van der Waals surface area (Å²) >= 11 is 0. The molecule has 0 aliphatic carbocycles. The van der Waals surface area contributed by atoms with Gasteiger partial charge in [-0.15, -0.1) is 0 Å². The molecule has 23 heavy (non-hydrogen) atoms. The summed E-state index contributed by atoms with van der Waals surface area (Å²) in [6, 6.07) is 10.2. The second-order valence-corrected chi connectivity index (χ2v) is 7.03. The lowest BCUT2D eigenvalue weighted by Crippen LogP contribution is -2.40. The number of carbonyl (C=O) groups excluding carboxylic acids is 1. The Labute approximate surface area is 138 Å². The Hall–Kier alpha value is -1.84. The van der Waals surface area contributed by atoms with Gasteiger partial charge in [0.05, 0.1) is 5.41 Å². The molecule has 1 N–H and O–H groups in total. The minimum atomic E-state index is -0.777. The lowest BCUT2D eigenvalue weighted by atomic mass is 9.76. The van der Waals surface area contributed by atoms with E-state index in [9.17, 15) is 14.7 Å². The standard InChI is InChI=1S/C19H27NO3/c1-14(2)19(18(22)23)11-12-20(13-19)17(21)10-9-15(3)16-7-5-4-6-8-16/h4-8,14-15H,9-13H2,1-3H3,(H,22,23). The highest BCUT2D eigenvalue weighted by Crippen LogP contribution is 2.38. The first-order valence-electron chi connectivity index (χ1n) is 8.43. The van der Waals surface area contributed by atoms with Crippen molar-refractivity contribution in [1.29, 1.82) is 0 Å². The van der Waals surface area contributed by atoms with Crippen molar-refractivity contribution in [2.24, 2.45) is 11.3 Å². The maximum absolute atomic E-state index is 12.4. The molecule has 4 heteroatoms. The second kappa shape index (κ2) is 7.16. The molecule has 2 rings (SSSR count). The molecular formula is C19H27NO3. The van der Waals surface area contributed by atoms with Crippen molar-refractivity contribution in [3.8, 4) is 0 Å². The zero-order chi connectivity index (χ0) is 17.0. The van der Waals surface area contributed by atoms with Crippen LogP contribution in [0.25, 0.3) is 0 Å². The summed E-state index contributed by atoms with van der Waals surface area (Å²) < 4.78 is 0. The van der Waals surface area contributed by atoms with E-state index in [1.807, 2.05) is 32.0 Å². The van der Waals surface area contributed by atoms with Crippen LogP contribution in [0.2, 0.25) is 0 Å². The van der Waals surface area contributed by atoms with E-state index in [4.69, 9.17) is 0 Å². The molecule has 0 spiro atoms. The van der Waals surface area contributed by atoms with E-state index in [0.717, 1.165) is 6.42 Å². The van der Waals surface area contributed by atoms with Crippen LogP contribution in [0, 0.1) is 11.3 Å². The van der Waals surface area contributed by atoms with Gasteiger partial charge in [-0.3, -0.25) is 9.59 Å². The summed E-state index contributed by atoms with van der Waals surface area (Å²) in [7, 11) is 0. The lowest BCUT2D eigenvalue weighted by Gasteiger charge is -2.28. The van der Waals surface area contributed by atoms with Gasteiger partial charge < -0.3 is 10.0 Å². The summed E-state index contributed by atoms with van der Waals surface area (Å²) in [6.45, 7) is 6.89. The molecule has 1 heterocycles. The molecule has 2 unspecified atom stereocenters. The normalized spacial score (nSPS) is 22.3. The fourth-order valence-electron chi connectivity index (χ4n) is 3.39. The molecule has 0 aromatic heterocycles. The number of carboxylic acids is 1. The topological polar surface area (TPSA) is 57.6 Å². The Morgan fingerprint density at radius 3 is 2.39 bits per heavy atom. The minimum Gasteiger partial charge on any atom is -0.481 e. The second-order valence-electron chi connectivity index (χ2n) is 7.03. The molecule has 2 atom stereocenters. The lowest BCUT2D eigenvalue weighted by molar-refractivity contribution is -0.151. The highest BCUT2D eigenvalue weighted by molar-refractivity contribution is 5.81. The molecule has 1 saturated heterocycles. The van der Waals surface area contributed by atoms with Crippen molar-refractivity contribution in [1.82, 2.24) is 4.90 Å². The highest BCUT2D eigenvalue weighted by atomic mass is 16.4. The van der Waals surface area contributed by atoms with Crippen LogP contribution in [0.1, 0.15) is 51.5 Å². The van der Waals surface area contributed by atoms with E-state index in [0.29, 0.717) is 31.8 Å². The first-order chi connectivity index (χ1) is 10.9. The number of hydrogen-bond acceptors (Lipinski definition) is 2. The summed E-state index contributed by atoms with van der Waals surface area (Å²) in [5.74, 6) is -0.338. The van der Waals surface area contributed by atoms with Gasteiger partial charge in [0.1, 0.15) is 0 Å². The number of rotatable bonds is 6. The number of amides is 1. The summed E-state index contributed by atoms with van der Waals surface area (Å²) in [5, 5.41) is 9.56. The van der Waals surface area contributed by atoms with E-state index in [-0.39, 0.29) is 11.8 Å². The Morgan fingerprint density at radius 2 is 1.87 bits per heavy atom.